The Kier molecular flexibility index (Phi) is 4.51. The lowest BCUT2D eigenvalue weighted by molar-refractivity contribution is -0.118. The van der Waals surface area contributed by atoms with Crippen LogP contribution in [0.3, 0.4) is 0 Å². The standard InChI is InChI=1S/C12H17N3O2/c1-8-7-10(13)3-4-11(8)12(17)15-6-5-14-9(2)16/h3-4,7H,5-6,13H2,1-2H3,(H,14,16)(H,15,17). The molecule has 5 nitrogen and oxygen atoms in total. The molecule has 0 aromatic heterocycles. The zero-order valence-electron chi connectivity index (χ0n) is 10.0. The summed E-state index contributed by atoms with van der Waals surface area (Å²) >= 11 is 0. The highest BCUT2D eigenvalue weighted by Crippen LogP contribution is 2.11. The zero-order valence-corrected chi connectivity index (χ0v) is 10.0. The molecule has 0 aliphatic rings. The van der Waals surface area contributed by atoms with E-state index >= 15 is 0 Å². The van der Waals surface area contributed by atoms with Crippen LogP contribution in [-0.4, -0.2) is 24.9 Å². The molecular weight excluding hydrogens is 218 g/mol. The Hall–Kier alpha value is -2.04. The molecule has 92 valence electrons. The fraction of sp³-hybridized carbons (Fsp3) is 0.333. The van der Waals surface area contributed by atoms with Gasteiger partial charge in [-0.25, -0.2) is 0 Å². The number of carbonyl (C=O) groups excluding carboxylic acids is 2. The van der Waals surface area contributed by atoms with E-state index in [0.29, 0.717) is 24.3 Å². The fourth-order valence-corrected chi connectivity index (χ4v) is 1.45. The van der Waals surface area contributed by atoms with Crippen molar-refractivity contribution in [3.8, 4) is 0 Å². The lowest BCUT2D eigenvalue weighted by atomic mass is 10.1. The third kappa shape index (κ3) is 4.14. The van der Waals surface area contributed by atoms with E-state index in [1.807, 2.05) is 6.92 Å². The van der Waals surface area contributed by atoms with Gasteiger partial charge < -0.3 is 16.4 Å². The number of nitrogens with two attached hydrogens (primary N) is 1. The highest BCUT2D eigenvalue weighted by atomic mass is 16.2. The first-order valence-corrected chi connectivity index (χ1v) is 5.39. The van der Waals surface area contributed by atoms with Crippen LogP contribution in [0.15, 0.2) is 18.2 Å². The summed E-state index contributed by atoms with van der Waals surface area (Å²) in [5.74, 6) is -0.268. The van der Waals surface area contributed by atoms with E-state index in [4.69, 9.17) is 5.73 Å². The molecule has 4 N–H and O–H groups in total. The number of nitrogen functional groups attached to an aromatic ring is 1. The van der Waals surface area contributed by atoms with Gasteiger partial charge in [0.15, 0.2) is 0 Å². The molecule has 1 rings (SSSR count). The first-order chi connectivity index (χ1) is 8.00. The van der Waals surface area contributed by atoms with Crippen LogP contribution in [0.1, 0.15) is 22.8 Å². The van der Waals surface area contributed by atoms with Crippen LogP contribution >= 0.6 is 0 Å². The quantitative estimate of drug-likeness (QED) is 0.523. The lowest BCUT2D eigenvalue weighted by Crippen LogP contribution is -2.33. The molecule has 0 spiro atoms. The van der Waals surface area contributed by atoms with Crippen LogP contribution in [0.25, 0.3) is 0 Å². The van der Waals surface area contributed by atoms with Crippen molar-refractivity contribution in [2.45, 2.75) is 13.8 Å². The molecule has 17 heavy (non-hydrogen) atoms. The number of amides is 2. The average molecular weight is 235 g/mol. The minimum Gasteiger partial charge on any atom is -0.399 e. The first kappa shape index (κ1) is 13.0. The maximum absolute atomic E-state index is 11.8. The first-order valence-electron chi connectivity index (χ1n) is 5.39. The van der Waals surface area contributed by atoms with Gasteiger partial charge in [0.25, 0.3) is 5.91 Å². The summed E-state index contributed by atoms with van der Waals surface area (Å²) in [6.45, 7) is 4.10. The summed E-state index contributed by atoms with van der Waals surface area (Å²) < 4.78 is 0. The minimum atomic E-state index is -0.159. The molecule has 1 aromatic carbocycles. The van der Waals surface area contributed by atoms with Gasteiger partial charge >= 0.3 is 0 Å². The fourth-order valence-electron chi connectivity index (χ4n) is 1.45. The van der Waals surface area contributed by atoms with Crippen molar-refractivity contribution in [2.75, 3.05) is 18.8 Å². The predicted molar refractivity (Wildman–Crippen MR) is 66.6 cm³/mol. The van der Waals surface area contributed by atoms with Crippen LogP contribution < -0.4 is 16.4 Å². The SMILES string of the molecule is CC(=O)NCCNC(=O)c1ccc(N)cc1C. The normalized spacial score (nSPS) is 9.76. The van der Waals surface area contributed by atoms with E-state index in [1.165, 1.54) is 6.92 Å². The van der Waals surface area contributed by atoms with Crippen molar-refractivity contribution in [1.29, 1.82) is 0 Å². The van der Waals surface area contributed by atoms with E-state index in [9.17, 15) is 9.59 Å². The van der Waals surface area contributed by atoms with Crippen molar-refractivity contribution < 1.29 is 9.59 Å². The summed E-state index contributed by atoms with van der Waals surface area (Å²) in [7, 11) is 0. The van der Waals surface area contributed by atoms with Gasteiger partial charge in [0.05, 0.1) is 0 Å². The Morgan fingerprint density at radius 3 is 2.47 bits per heavy atom. The smallest absolute Gasteiger partial charge is 0.251 e. The maximum Gasteiger partial charge on any atom is 0.251 e. The summed E-state index contributed by atoms with van der Waals surface area (Å²) in [6.07, 6.45) is 0. The number of carbonyl (C=O) groups is 2. The predicted octanol–water partition coefficient (Wildman–Crippen LogP) is 0.443. The van der Waals surface area contributed by atoms with Crippen molar-refractivity contribution in [2.24, 2.45) is 0 Å². The van der Waals surface area contributed by atoms with Crippen molar-refractivity contribution >= 4 is 17.5 Å². The number of hydrogen-bond acceptors (Lipinski definition) is 3. The number of anilines is 1. The van der Waals surface area contributed by atoms with Crippen molar-refractivity contribution in [1.82, 2.24) is 10.6 Å². The molecule has 0 aliphatic carbocycles. The number of hydrogen-bond donors (Lipinski definition) is 3. The number of nitrogens with one attached hydrogen (secondary N) is 2. The van der Waals surface area contributed by atoms with E-state index in [-0.39, 0.29) is 11.8 Å². The van der Waals surface area contributed by atoms with Crippen LogP contribution in [0.4, 0.5) is 5.69 Å². The highest BCUT2D eigenvalue weighted by Gasteiger charge is 2.07. The summed E-state index contributed by atoms with van der Waals surface area (Å²) in [5, 5.41) is 5.32. The van der Waals surface area contributed by atoms with E-state index < -0.39 is 0 Å². The van der Waals surface area contributed by atoms with Crippen molar-refractivity contribution in [3.05, 3.63) is 29.3 Å². The molecule has 0 bridgehead atoms. The topological polar surface area (TPSA) is 84.2 Å². The molecule has 0 aliphatic heterocycles. The van der Waals surface area contributed by atoms with Gasteiger partial charge in [-0.1, -0.05) is 0 Å². The van der Waals surface area contributed by atoms with Crippen LogP contribution in [0.2, 0.25) is 0 Å². The average Bonchev–Trinajstić information content (AvgIpc) is 2.23. The molecule has 1 aromatic rings. The van der Waals surface area contributed by atoms with E-state index in [2.05, 4.69) is 10.6 Å². The lowest BCUT2D eigenvalue weighted by Gasteiger charge is -2.08. The Bertz CT molecular complexity index is 430. The van der Waals surface area contributed by atoms with Crippen LogP contribution in [0.5, 0.6) is 0 Å². The maximum atomic E-state index is 11.8. The van der Waals surface area contributed by atoms with E-state index in [1.54, 1.807) is 18.2 Å². The van der Waals surface area contributed by atoms with Gasteiger partial charge in [0, 0.05) is 31.3 Å². The van der Waals surface area contributed by atoms with Gasteiger partial charge in [-0.3, -0.25) is 9.59 Å². The molecular formula is C12H17N3O2. The molecule has 2 amide bonds. The van der Waals surface area contributed by atoms with Crippen LogP contribution in [-0.2, 0) is 4.79 Å². The van der Waals surface area contributed by atoms with Gasteiger partial charge in [0.1, 0.15) is 0 Å². The molecule has 0 saturated carbocycles. The summed E-state index contributed by atoms with van der Waals surface area (Å²) in [6, 6.07) is 5.14. The van der Waals surface area contributed by atoms with Crippen molar-refractivity contribution in [3.63, 3.8) is 0 Å². The van der Waals surface area contributed by atoms with Gasteiger partial charge in [-0.05, 0) is 30.7 Å². The third-order valence-electron chi connectivity index (χ3n) is 2.28. The summed E-state index contributed by atoms with van der Waals surface area (Å²) in [4.78, 5) is 22.4. The Morgan fingerprint density at radius 1 is 1.24 bits per heavy atom. The monoisotopic (exact) mass is 235 g/mol. The molecule has 5 heteroatoms. The second-order valence-corrected chi connectivity index (χ2v) is 3.81. The second kappa shape index (κ2) is 5.89. The number of benzene rings is 1. The number of rotatable bonds is 4. The van der Waals surface area contributed by atoms with Gasteiger partial charge in [0.2, 0.25) is 5.91 Å². The Morgan fingerprint density at radius 2 is 1.88 bits per heavy atom. The van der Waals surface area contributed by atoms with Crippen LogP contribution in [0, 0.1) is 6.92 Å². The van der Waals surface area contributed by atoms with Gasteiger partial charge in [-0.15, -0.1) is 0 Å². The molecule has 0 fully saturated rings. The number of aryl methyl sites for hydroxylation is 1. The second-order valence-electron chi connectivity index (χ2n) is 3.81. The Labute approximate surface area is 100 Å². The molecule has 0 unspecified atom stereocenters. The summed E-state index contributed by atoms with van der Waals surface area (Å²) in [5.41, 5.74) is 7.67. The highest BCUT2D eigenvalue weighted by molar-refractivity contribution is 5.96. The van der Waals surface area contributed by atoms with E-state index in [0.717, 1.165) is 5.56 Å². The molecule has 0 radical (unpaired) electrons. The van der Waals surface area contributed by atoms with Gasteiger partial charge in [-0.2, -0.15) is 0 Å². The zero-order chi connectivity index (χ0) is 12.8. The minimum absolute atomic E-state index is 0.108. The molecule has 0 saturated heterocycles. The third-order valence-corrected chi connectivity index (χ3v) is 2.28. The largest absolute Gasteiger partial charge is 0.399 e. The Balaban J connectivity index is 2.50. The molecule has 0 atom stereocenters. The molecule has 0 heterocycles.